The molecule has 0 saturated heterocycles. The van der Waals surface area contributed by atoms with E-state index in [2.05, 4.69) is 9.05 Å². The predicted molar refractivity (Wildman–Crippen MR) is 49.9 cm³/mol. The molecule has 0 aliphatic rings. The van der Waals surface area contributed by atoms with Gasteiger partial charge in [-0.25, -0.2) is 0 Å². The molecule has 0 aromatic rings. The Balaban J connectivity index is 4.39. The fourth-order valence-corrected chi connectivity index (χ4v) is 1.52. The lowest BCUT2D eigenvalue weighted by Gasteiger charge is -2.16. The summed E-state index contributed by atoms with van der Waals surface area (Å²) in [5, 5.41) is 9.44. The van der Waals surface area contributed by atoms with Crippen LogP contribution in [-0.4, -0.2) is 46.4 Å². The molecule has 10 heteroatoms. The monoisotopic (exact) mass is 261 g/mol. The first kappa shape index (κ1) is 15.0. The van der Waals surface area contributed by atoms with Crippen LogP contribution < -0.4 is 0 Å². The largest absolute Gasteiger partial charge is 0.700 e. The minimum absolute atomic E-state index is 0.239. The van der Waals surface area contributed by atoms with Crippen LogP contribution in [0.15, 0.2) is 0 Å². The second-order valence-corrected chi connectivity index (χ2v) is 4.24. The summed E-state index contributed by atoms with van der Waals surface area (Å²) in [7, 11) is -2.91. The average molecular weight is 261 g/mol. The summed E-state index contributed by atoms with van der Waals surface area (Å²) in [4.78, 5) is 18.5. The van der Waals surface area contributed by atoms with Gasteiger partial charge in [-0.2, -0.15) is 0 Å². The molecule has 88 valence electrons. The lowest BCUT2D eigenvalue weighted by Crippen LogP contribution is -2.35. The molecule has 0 spiro atoms. The highest BCUT2D eigenvalue weighted by Gasteiger charge is 2.47. The summed E-state index contributed by atoms with van der Waals surface area (Å²) in [6.07, 6.45) is -0.247. The van der Waals surface area contributed by atoms with Crippen LogP contribution >= 0.6 is 16.5 Å². The van der Waals surface area contributed by atoms with Gasteiger partial charge in [0.2, 0.25) is 0 Å². The number of rotatable bonds is 7. The Kier molecular flexibility index (Phi) is 6.51. The number of hydrogen-bond acceptors (Lipinski definition) is 6. The minimum Gasteiger partial charge on any atom is -0.337 e. The van der Waals surface area contributed by atoms with E-state index in [0.717, 1.165) is 0 Å². The SMILES string of the molecule is CN(C)CCC(O)(O[P+](=O)O)O[P+](=O)O. The number of nitrogens with zero attached hydrogens (tertiary/aromatic N) is 1. The zero-order valence-corrected chi connectivity index (χ0v) is 10.0. The summed E-state index contributed by atoms with van der Waals surface area (Å²) < 4.78 is 28.9. The van der Waals surface area contributed by atoms with Crippen molar-refractivity contribution in [3.05, 3.63) is 0 Å². The van der Waals surface area contributed by atoms with Crippen LogP contribution in [0.5, 0.6) is 0 Å². The summed E-state index contributed by atoms with van der Waals surface area (Å²) in [6, 6.07) is 0. The molecule has 0 amide bonds. The van der Waals surface area contributed by atoms with E-state index in [1.165, 1.54) is 0 Å². The van der Waals surface area contributed by atoms with Crippen molar-refractivity contribution in [3.8, 4) is 0 Å². The molecule has 0 aliphatic carbocycles. The third kappa shape index (κ3) is 7.84. The van der Waals surface area contributed by atoms with Gasteiger partial charge in [-0.15, -0.1) is 9.79 Å². The Hall–Kier alpha value is -0.0400. The molecule has 0 rings (SSSR count). The van der Waals surface area contributed by atoms with Crippen LogP contribution in [0.2, 0.25) is 0 Å². The predicted octanol–water partition coefficient (Wildman–Crippen LogP) is -0.0832. The minimum atomic E-state index is -3.13. The maximum absolute atomic E-state index is 10.3. The molecule has 0 fully saturated rings. The molecule has 0 bridgehead atoms. The third-order valence-corrected chi connectivity index (χ3v) is 2.20. The molecule has 8 nitrogen and oxygen atoms in total. The van der Waals surface area contributed by atoms with Crippen LogP contribution in [0.25, 0.3) is 0 Å². The Morgan fingerprint density at radius 1 is 1.20 bits per heavy atom. The maximum atomic E-state index is 10.3. The highest BCUT2D eigenvalue weighted by Crippen LogP contribution is 2.34. The summed E-state index contributed by atoms with van der Waals surface area (Å²) in [5.41, 5.74) is 0. The number of hydrogen-bond donors (Lipinski definition) is 3. The molecule has 0 heterocycles. The van der Waals surface area contributed by atoms with Gasteiger partial charge >= 0.3 is 22.5 Å². The summed E-state index contributed by atoms with van der Waals surface area (Å²) in [5.74, 6) is -2.53. The van der Waals surface area contributed by atoms with Crippen molar-refractivity contribution >= 4 is 16.5 Å². The lowest BCUT2D eigenvalue weighted by atomic mass is 10.3. The van der Waals surface area contributed by atoms with Gasteiger partial charge in [-0.1, -0.05) is 0 Å². The van der Waals surface area contributed by atoms with Gasteiger partial charge in [0, 0.05) is 15.7 Å². The van der Waals surface area contributed by atoms with Gasteiger partial charge in [0.1, 0.15) is 0 Å². The van der Waals surface area contributed by atoms with Crippen molar-refractivity contribution in [1.82, 2.24) is 4.90 Å². The molecule has 0 aliphatic heterocycles. The third-order valence-electron chi connectivity index (χ3n) is 1.32. The first-order valence-electron chi connectivity index (χ1n) is 3.83. The normalized spacial score (nSPS) is 17.5. The van der Waals surface area contributed by atoms with Gasteiger partial charge < -0.3 is 10.0 Å². The molecular formula is C5H13NO7P2+2. The van der Waals surface area contributed by atoms with E-state index < -0.39 is 22.5 Å². The van der Waals surface area contributed by atoms with Gasteiger partial charge in [-0.05, 0) is 23.1 Å². The van der Waals surface area contributed by atoms with Gasteiger partial charge in [-0.3, -0.25) is 0 Å². The van der Waals surface area contributed by atoms with Crippen molar-refractivity contribution in [2.75, 3.05) is 20.6 Å². The van der Waals surface area contributed by atoms with Crippen molar-refractivity contribution < 1.29 is 33.1 Å². The zero-order chi connectivity index (χ0) is 12.1. The highest BCUT2D eigenvalue weighted by molar-refractivity contribution is 7.33. The molecule has 3 N–H and O–H groups in total. The van der Waals surface area contributed by atoms with E-state index in [0.29, 0.717) is 0 Å². The quantitative estimate of drug-likeness (QED) is 0.430. The molecular weight excluding hydrogens is 248 g/mol. The second-order valence-electron chi connectivity index (χ2n) is 2.92. The maximum Gasteiger partial charge on any atom is 0.700 e. The van der Waals surface area contributed by atoms with E-state index in [-0.39, 0.29) is 13.0 Å². The second kappa shape index (κ2) is 6.52. The Labute approximate surface area is 88.3 Å². The van der Waals surface area contributed by atoms with Crippen LogP contribution in [0.4, 0.5) is 0 Å². The van der Waals surface area contributed by atoms with Crippen LogP contribution in [0.3, 0.4) is 0 Å². The Morgan fingerprint density at radius 2 is 1.60 bits per heavy atom. The highest BCUT2D eigenvalue weighted by atomic mass is 31.1. The van der Waals surface area contributed by atoms with Crippen LogP contribution in [-0.2, 0) is 18.2 Å². The Bertz CT molecular complexity index is 230. The summed E-state index contributed by atoms with van der Waals surface area (Å²) >= 11 is 0. The van der Waals surface area contributed by atoms with Crippen LogP contribution in [0, 0.1) is 0 Å². The fourth-order valence-electron chi connectivity index (χ4n) is 0.717. The van der Waals surface area contributed by atoms with Gasteiger partial charge in [0.15, 0.2) is 0 Å². The van der Waals surface area contributed by atoms with Crippen molar-refractivity contribution in [1.29, 1.82) is 0 Å². The van der Waals surface area contributed by atoms with E-state index in [9.17, 15) is 14.2 Å². The molecule has 0 radical (unpaired) electrons. The standard InChI is InChI=1S/C5H11NO7P2/c1-6(2)4-3-5(7,12-14(8)9)13-15(10)11/h7H,3-4H2,1-2H3/p+2. The van der Waals surface area contributed by atoms with Crippen molar-refractivity contribution in [3.63, 3.8) is 0 Å². The topological polar surface area (TPSA) is 117 Å². The lowest BCUT2D eigenvalue weighted by molar-refractivity contribution is -0.277. The summed E-state index contributed by atoms with van der Waals surface area (Å²) in [6.45, 7) is 0.239. The molecule has 0 aromatic carbocycles. The first-order chi connectivity index (χ1) is 6.75. The number of aliphatic hydroxyl groups is 1. The molecule has 2 unspecified atom stereocenters. The van der Waals surface area contributed by atoms with E-state index in [1.54, 1.807) is 19.0 Å². The van der Waals surface area contributed by atoms with E-state index in [4.69, 9.17) is 9.79 Å². The van der Waals surface area contributed by atoms with Crippen molar-refractivity contribution in [2.24, 2.45) is 0 Å². The molecule has 15 heavy (non-hydrogen) atoms. The zero-order valence-electron chi connectivity index (χ0n) is 8.23. The van der Waals surface area contributed by atoms with E-state index in [1.807, 2.05) is 0 Å². The van der Waals surface area contributed by atoms with Crippen molar-refractivity contribution in [2.45, 2.75) is 12.4 Å². The van der Waals surface area contributed by atoms with Crippen LogP contribution in [0.1, 0.15) is 6.42 Å². The van der Waals surface area contributed by atoms with Gasteiger partial charge in [0.25, 0.3) is 0 Å². The van der Waals surface area contributed by atoms with Gasteiger partial charge in [0.05, 0.1) is 6.42 Å². The molecule has 0 saturated carbocycles. The first-order valence-corrected chi connectivity index (χ1v) is 6.09. The Morgan fingerprint density at radius 3 is 1.87 bits per heavy atom. The van der Waals surface area contributed by atoms with E-state index >= 15 is 0 Å². The fraction of sp³-hybridized carbons (Fsp3) is 1.00. The molecule has 0 aromatic heterocycles. The average Bonchev–Trinajstić information content (AvgIpc) is 1.97. The smallest absolute Gasteiger partial charge is 0.337 e. The molecule has 2 atom stereocenters.